The maximum Gasteiger partial charge on any atom is 0.318 e. The molecule has 0 atom stereocenters. The molecule has 1 fully saturated rings. The van der Waals surface area contributed by atoms with Crippen LogP contribution in [-0.2, 0) is 4.79 Å². The van der Waals surface area contributed by atoms with Crippen LogP contribution in [0.4, 0.5) is 8.78 Å². The van der Waals surface area contributed by atoms with Gasteiger partial charge in [-0.05, 0) is 34.7 Å². The summed E-state index contributed by atoms with van der Waals surface area (Å²) < 4.78 is 24.5. The standard InChI is InChI=1S/C8H12BrF2NO/c1-5-2-6(3-5)7(13)12-4-8(9,10)11/h5-6H,2-4H2,1H3,(H,12,13). The molecule has 1 rings (SSSR count). The highest BCUT2D eigenvalue weighted by molar-refractivity contribution is 9.10. The smallest absolute Gasteiger partial charge is 0.318 e. The molecule has 0 aromatic rings. The average molecular weight is 256 g/mol. The Bertz CT molecular complexity index is 199. The van der Waals surface area contributed by atoms with Crippen LogP contribution < -0.4 is 5.32 Å². The monoisotopic (exact) mass is 255 g/mol. The van der Waals surface area contributed by atoms with E-state index in [-0.39, 0.29) is 11.8 Å². The lowest BCUT2D eigenvalue weighted by Gasteiger charge is -2.31. The summed E-state index contributed by atoms with van der Waals surface area (Å²) in [5, 5.41) is 2.21. The van der Waals surface area contributed by atoms with E-state index in [0.717, 1.165) is 12.8 Å². The van der Waals surface area contributed by atoms with Crippen molar-refractivity contribution in [1.82, 2.24) is 5.32 Å². The van der Waals surface area contributed by atoms with Gasteiger partial charge in [0.1, 0.15) is 0 Å². The van der Waals surface area contributed by atoms with E-state index in [1.54, 1.807) is 0 Å². The van der Waals surface area contributed by atoms with E-state index in [0.29, 0.717) is 5.92 Å². The van der Waals surface area contributed by atoms with E-state index < -0.39 is 11.4 Å². The van der Waals surface area contributed by atoms with Crippen LogP contribution in [0.15, 0.2) is 0 Å². The zero-order valence-electron chi connectivity index (χ0n) is 7.32. The van der Waals surface area contributed by atoms with Crippen molar-refractivity contribution in [3.05, 3.63) is 0 Å². The van der Waals surface area contributed by atoms with Crippen LogP contribution in [0.1, 0.15) is 19.8 Å². The predicted octanol–water partition coefficient (Wildman–Crippen LogP) is 2.14. The van der Waals surface area contributed by atoms with E-state index >= 15 is 0 Å². The Morgan fingerprint density at radius 2 is 2.15 bits per heavy atom. The summed E-state index contributed by atoms with van der Waals surface area (Å²) in [6.07, 6.45) is 1.64. The molecule has 1 aliphatic carbocycles. The molecule has 0 radical (unpaired) electrons. The minimum absolute atomic E-state index is 0.0511. The van der Waals surface area contributed by atoms with Crippen LogP contribution in [0.3, 0.4) is 0 Å². The largest absolute Gasteiger partial charge is 0.349 e. The molecule has 0 bridgehead atoms. The molecule has 13 heavy (non-hydrogen) atoms. The van der Waals surface area contributed by atoms with Gasteiger partial charge in [0.25, 0.3) is 0 Å². The first-order valence-electron chi connectivity index (χ1n) is 4.23. The topological polar surface area (TPSA) is 29.1 Å². The molecule has 0 aromatic carbocycles. The van der Waals surface area contributed by atoms with Crippen LogP contribution in [0.25, 0.3) is 0 Å². The SMILES string of the molecule is CC1CC(C(=O)NCC(F)(F)Br)C1. The molecular weight excluding hydrogens is 244 g/mol. The van der Waals surface area contributed by atoms with Gasteiger partial charge >= 0.3 is 4.83 Å². The van der Waals surface area contributed by atoms with Gasteiger partial charge in [-0.1, -0.05) is 6.92 Å². The number of alkyl halides is 3. The summed E-state index contributed by atoms with van der Waals surface area (Å²) in [6, 6.07) is 0. The molecule has 1 N–H and O–H groups in total. The van der Waals surface area contributed by atoms with Gasteiger partial charge in [0, 0.05) is 5.92 Å². The van der Waals surface area contributed by atoms with Crippen molar-refractivity contribution in [1.29, 1.82) is 0 Å². The normalized spacial score (nSPS) is 28.0. The molecule has 0 aromatic heterocycles. The third kappa shape index (κ3) is 3.58. The van der Waals surface area contributed by atoms with Gasteiger partial charge in [-0.2, -0.15) is 8.78 Å². The highest BCUT2D eigenvalue weighted by Gasteiger charge is 2.33. The minimum atomic E-state index is -2.99. The van der Waals surface area contributed by atoms with Gasteiger partial charge in [-0.25, -0.2) is 0 Å². The fourth-order valence-electron chi connectivity index (χ4n) is 1.45. The molecular formula is C8H12BrF2NO. The second-order valence-corrected chi connectivity index (χ2v) is 4.77. The lowest BCUT2D eigenvalue weighted by molar-refractivity contribution is -0.129. The average Bonchev–Trinajstić information content (AvgIpc) is 1.93. The van der Waals surface area contributed by atoms with Crippen molar-refractivity contribution >= 4 is 21.8 Å². The predicted molar refractivity (Wildman–Crippen MR) is 48.8 cm³/mol. The molecule has 0 saturated heterocycles. The fraction of sp³-hybridized carbons (Fsp3) is 0.875. The maximum atomic E-state index is 12.2. The summed E-state index contributed by atoms with van der Waals surface area (Å²) >= 11 is 2.16. The zero-order chi connectivity index (χ0) is 10.1. The Kier molecular flexibility index (Phi) is 3.27. The van der Waals surface area contributed by atoms with Crippen LogP contribution in [0.2, 0.25) is 0 Å². The molecule has 0 heterocycles. The van der Waals surface area contributed by atoms with Gasteiger partial charge in [-0.15, -0.1) is 0 Å². The first kappa shape index (κ1) is 10.9. The molecule has 2 nitrogen and oxygen atoms in total. The van der Waals surface area contributed by atoms with Gasteiger partial charge in [-0.3, -0.25) is 4.79 Å². The van der Waals surface area contributed by atoms with Crippen LogP contribution in [0, 0.1) is 11.8 Å². The molecule has 0 spiro atoms. The lowest BCUT2D eigenvalue weighted by atomic mass is 9.76. The number of rotatable bonds is 3. The van der Waals surface area contributed by atoms with E-state index in [1.807, 2.05) is 6.92 Å². The zero-order valence-corrected chi connectivity index (χ0v) is 8.90. The number of hydrogen-bond donors (Lipinski definition) is 1. The number of halogens is 3. The molecule has 0 unspecified atom stereocenters. The molecule has 0 aliphatic heterocycles. The van der Waals surface area contributed by atoms with E-state index in [9.17, 15) is 13.6 Å². The molecule has 1 aliphatic rings. The highest BCUT2D eigenvalue weighted by atomic mass is 79.9. The van der Waals surface area contributed by atoms with Crippen LogP contribution >= 0.6 is 15.9 Å². The summed E-state index contributed by atoms with van der Waals surface area (Å²) in [5.41, 5.74) is 0. The van der Waals surface area contributed by atoms with Crippen LogP contribution in [0.5, 0.6) is 0 Å². The van der Waals surface area contributed by atoms with Crippen molar-refractivity contribution in [2.45, 2.75) is 24.6 Å². The summed E-state index contributed by atoms with van der Waals surface area (Å²) in [4.78, 5) is 8.16. The Labute approximate surface area is 84.2 Å². The van der Waals surface area contributed by atoms with E-state index in [4.69, 9.17) is 0 Å². The van der Waals surface area contributed by atoms with Gasteiger partial charge < -0.3 is 5.32 Å². The first-order valence-corrected chi connectivity index (χ1v) is 5.02. The van der Waals surface area contributed by atoms with Crippen molar-refractivity contribution in [2.24, 2.45) is 11.8 Å². The highest BCUT2D eigenvalue weighted by Crippen LogP contribution is 2.33. The van der Waals surface area contributed by atoms with E-state index in [1.165, 1.54) is 0 Å². The van der Waals surface area contributed by atoms with Gasteiger partial charge in [0.2, 0.25) is 5.91 Å². The van der Waals surface area contributed by atoms with Crippen molar-refractivity contribution in [3.8, 4) is 0 Å². The van der Waals surface area contributed by atoms with Gasteiger partial charge in [0.05, 0.1) is 6.54 Å². The van der Waals surface area contributed by atoms with Crippen molar-refractivity contribution in [3.63, 3.8) is 0 Å². The number of carbonyl (C=O) groups is 1. The molecule has 1 amide bonds. The second-order valence-electron chi connectivity index (χ2n) is 3.61. The summed E-state index contributed by atoms with van der Waals surface area (Å²) in [5.74, 6) is 0.252. The lowest BCUT2D eigenvalue weighted by Crippen LogP contribution is -2.41. The summed E-state index contributed by atoms with van der Waals surface area (Å²) in [6.45, 7) is 1.42. The van der Waals surface area contributed by atoms with Gasteiger partial charge in [0.15, 0.2) is 0 Å². The second kappa shape index (κ2) is 3.90. The number of amides is 1. The number of hydrogen-bond acceptors (Lipinski definition) is 1. The quantitative estimate of drug-likeness (QED) is 0.770. The minimum Gasteiger partial charge on any atom is -0.349 e. The Morgan fingerprint density at radius 3 is 2.54 bits per heavy atom. The third-order valence-corrected chi connectivity index (χ3v) is 2.49. The number of nitrogens with one attached hydrogen (secondary N) is 1. The Morgan fingerprint density at radius 1 is 1.62 bits per heavy atom. The van der Waals surface area contributed by atoms with Crippen molar-refractivity contribution in [2.75, 3.05) is 6.54 Å². The van der Waals surface area contributed by atoms with E-state index in [2.05, 4.69) is 21.2 Å². The molecule has 1 saturated carbocycles. The third-order valence-electron chi connectivity index (χ3n) is 2.21. The number of carbonyl (C=O) groups excluding carboxylic acids is 1. The summed E-state index contributed by atoms with van der Waals surface area (Å²) in [7, 11) is 0. The Hall–Kier alpha value is -0.190. The maximum absolute atomic E-state index is 12.2. The molecule has 5 heteroatoms. The molecule has 76 valence electrons. The fourth-order valence-corrected chi connectivity index (χ4v) is 1.59. The van der Waals surface area contributed by atoms with Crippen molar-refractivity contribution < 1.29 is 13.6 Å². The van der Waals surface area contributed by atoms with Crippen LogP contribution in [-0.4, -0.2) is 17.3 Å². The first-order chi connectivity index (χ1) is 5.88. The Balaban J connectivity index is 2.19.